The van der Waals surface area contributed by atoms with E-state index in [1.165, 1.54) is 0 Å². The van der Waals surface area contributed by atoms with Crippen molar-refractivity contribution in [3.05, 3.63) is 59.7 Å². The number of nitrogens with zero attached hydrogens (tertiary/aromatic N) is 1. The largest absolute Gasteiger partial charge is 0.497 e. The van der Waals surface area contributed by atoms with Crippen LogP contribution in [-0.2, 0) is 10.3 Å². The summed E-state index contributed by atoms with van der Waals surface area (Å²) < 4.78 is 10.5. The number of Topliss-reactive ketones (excluding diaryl/α,β-unsaturated/α-hetero) is 1. The van der Waals surface area contributed by atoms with Gasteiger partial charge in [0, 0.05) is 5.56 Å². The van der Waals surface area contributed by atoms with E-state index in [1.54, 1.807) is 55.6 Å². The summed E-state index contributed by atoms with van der Waals surface area (Å²) in [5, 5.41) is 2.78. The zero-order valence-electron chi connectivity index (χ0n) is 16.7. The molecule has 7 nitrogen and oxygen atoms in total. The highest BCUT2D eigenvalue weighted by Crippen LogP contribution is 2.33. The normalized spacial score (nSPS) is 18.5. The number of carbonyl (C=O) groups excluding carboxylic acids is 3. The summed E-state index contributed by atoms with van der Waals surface area (Å²) in [6.07, 6.45) is 0.359. The number of hydrogen-bond acceptors (Lipinski definition) is 5. The first-order valence-corrected chi connectivity index (χ1v) is 9.50. The number of urea groups is 1. The fourth-order valence-corrected chi connectivity index (χ4v) is 3.42. The summed E-state index contributed by atoms with van der Waals surface area (Å²) in [6, 6.07) is 13.0. The molecule has 152 valence electrons. The van der Waals surface area contributed by atoms with Gasteiger partial charge in [0.15, 0.2) is 5.78 Å². The smallest absolute Gasteiger partial charge is 0.325 e. The molecule has 0 bridgehead atoms. The average Bonchev–Trinajstić information content (AvgIpc) is 2.99. The molecular weight excluding hydrogens is 372 g/mol. The van der Waals surface area contributed by atoms with Crippen LogP contribution in [0.5, 0.6) is 11.5 Å². The maximum absolute atomic E-state index is 13.2. The third kappa shape index (κ3) is 3.81. The Morgan fingerprint density at radius 2 is 1.62 bits per heavy atom. The summed E-state index contributed by atoms with van der Waals surface area (Å²) in [5.41, 5.74) is -0.134. The minimum absolute atomic E-state index is 0.321. The Balaban J connectivity index is 1.80. The molecule has 0 radical (unpaired) electrons. The molecule has 2 aromatic carbocycles. The fraction of sp³-hybridized carbons (Fsp3) is 0.318. The van der Waals surface area contributed by atoms with Gasteiger partial charge in [0.2, 0.25) is 0 Å². The van der Waals surface area contributed by atoms with E-state index in [1.807, 2.05) is 13.8 Å². The van der Waals surface area contributed by atoms with Gasteiger partial charge >= 0.3 is 6.03 Å². The highest BCUT2D eigenvalue weighted by Gasteiger charge is 2.51. The van der Waals surface area contributed by atoms with Crippen LogP contribution in [0.1, 0.15) is 36.2 Å². The van der Waals surface area contributed by atoms with E-state index >= 15 is 0 Å². The maximum Gasteiger partial charge on any atom is 0.325 e. The SMILES string of the molecule is CCOc1ccc(C(=O)CN2C(=O)N[C@@](CC)(c3ccc(OC)cc3)C2=O)cc1. The standard InChI is InChI=1S/C22H24N2O5/c1-4-22(16-8-12-17(28-3)13-9-16)20(26)24(21(27)23-22)14-19(25)15-6-10-18(11-7-15)29-5-2/h6-13H,4-5,14H2,1-3H3,(H,23,27)/t22-/m0/s1. The van der Waals surface area contributed by atoms with E-state index in [9.17, 15) is 14.4 Å². The van der Waals surface area contributed by atoms with Crippen LogP contribution in [0.4, 0.5) is 4.79 Å². The Morgan fingerprint density at radius 3 is 2.17 bits per heavy atom. The number of nitrogens with one attached hydrogen (secondary N) is 1. The zero-order chi connectivity index (χ0) is 21.0. The van der Waals surface area contributed by atoms with Crippen LogP contribution in [0.2, 0.25) is 0 Å². The third-order valence-corrected chi connectivity index (χ3v) is 5.08. The minimum Gasteiger partial charge on any atom is -0.497 e. The van der Waals surface area contributed by atoms with Gasteiger partial charge in [0.05, 0.1) is 20.3 Å². The van der Waals surface area contributed by atoms with Crippen molar-refractivity contribution in [3.8, 4) is 11.5 Å². The van der Waals surface area contributed by atoms with Crippen LogP contribution in [0.25, 0.3) is 0 Å². The van der Waals surface area contributed by atoms with Gasteiger partial charge in [-0.25, -0.2) is 4.79 Å². The van der Waals surface area contributed by atoms with Gasteiger partial charge < -0.3 is 14.8 Å². The minimum atomic E-state index is -1.19. The average molecular weight is 396 g/mol. The van der Waals surface area contributed by atoms with Crippen molar-refractivity contribution >= 4 is 17.7 Å². The molecule has 3 rings (SSSR count). The van der Waals surface area contributed by atoms with Crippen molar-refractivity contribution in [2.24, 2.45) is 0 Å². The van der Waals surface area contributed by atoms with Gasteiger partial charge in [0.25, 0.3) is 5.91 Å². The van der Waals surface area contributed by atoms with E-state index in [0.29, 0.717) is 35.7 Å². The maximum atomic E-state index is 13.2. The summed E-state index contributed by atoms with van der Waals surface area (Å²) >= 11 is 0. The molecule has 1 N–H and O–H groups in total. The van der Waals surface area contributed by atoms with E-state index in [4.69, 9.17) is 9.47 Å². The Kier molecular flexibility index (Phi) is 5.87. The number of ketones is 1. The molecule has 0 unspecified atom stereocenters. The molecule has 1 heterocycles. The molecule has 29 heavy (non-hydrogen) atoms. The van der Waals surface area contributed by atoms with E-state index in [-0.39, 0.29) is 12.3 Å². The lowest BCUT2D eigenvalue weighted by molar-refractivity contribution is -0.131. The molecule has 2 aromatic rings. The fourth-order valence-electron chi connectivity index (χ4n) is 3.42. The van der Waals surface area contributed by atoms with E-state index < -0.39 is 17.5 Å². The molecule has 1 fully saturated rings. The highest BCUT2D eigenvalue weighted by molar-refractivity contribution is 6.11. The summed E-state index contributed by atoms with van der Waals surface area (Å²) in [7, 11) is 1.56. The Bertz CT molecular complexity index is 908. The molecule has 7 heteroatoms. The number of hydrogen-bond donors (Lipinski definition) is 1. The Morgan fingerprint density at radius 1 is 1.00 bits per heavy atom. The molecule has 1 atom stereocenters. The predicted molar refractivity (Wildman–Crippen MR) is 107 cm³/mol. The number of imide groups is 1. The predicted octanol–water partition coefficient (Wildman–Crippen LogP) is 3.13. The summed E-state index contributed by atoms with van der Waals surface area (Å²) in [6.45, 7) is 3.90. The summed E-state index contributed by atoms with van der Waals surface area (Å²) in [4.78, 5) is 39.4. The summed E-state index contributed by atoms with van der Waals surface area (Å²) in [5.74, 6) is 0.551. The van der Waals surface area contributed by atoms with Crippen molar-refractivity contribution in [1.29, 1.82) is 0 Å². The lowest BCUT2D eigenvalue weighted by Crippen LogP contribution is -2.43. The van der Waals surface area contributed by atoms with E-state index in [0.717, 1.165) is 4.90 Å². The first-order valence-electron chi connectivity index (χ1n) is 9.50. The quantitative estimate of drug-likeness (QED) is 0.547. The highest BCUT2D eigenvalue weighted by atomic mass is 16.5. The number of amides is 3. The topological polar surface area (TPSA) is 84.9 Å². The van der Waals surface area contributed by atoms with Gasteiger partial charge in [0.1, 0.15) is 17.0 Å². The van der Waals surface area contributed by atoms with Crippen molar-refractivity contribution < 1.29 is 23.9 Å². The number of ether oxygens (including phenoxy) is 2. The van der Waals surface area contributed by atoms with E-state index in [2.05, 4.69) is 5.32 Å². The van der Waals surface area contributed by atoms with Crippen molar-refractivity contribution in [2.45, 2.75) is 25.8 Å². The second-order valence-corrected chi connectivity index (χ2v) is 6.69. The molecule has 0 aromatic heterocycles. The van der Waals surface area contributed by atoms with Crippen molar-refractivity contribution in [1.82, 2.24) is 10.2 Å². The van der Waals surface area contributed by atoms with Gasteiger partial charge in [-0.2, -0.15) is 0 Å². The van der Waals surface area contributed by atoms with Crippen molar-refractivity contribution in [3.63, 3.8) is 0 Å². The number of rotatable bonds is 8. The number of methoxy groups -OCH3 is 1. The van der Waals surface area contributed by atoms with Gasteiger partial charge in [-0.1, -0.05) is 19.1 Å². The molecule has 0 aliphatic carbocycles. The van der Waals surface area contributed by atoms with Gasteiger partial charge in [-0.3, -0.25) is 14.5 Å². The first kappa shape index (κ1) is 20.4. The molecule has 1 saturated heterocycles. The number of benzene rings is 2. The zero-order valence-corrected chi connectivity index (χ0v) is 16.7. The number of carbonyl (C=O) groups is 3. The second-order valence-electron chi connectivity index (χ2n) is 6.69. The molecule has 1 aliphatic rings. The lowest BCUT2D eigenvalue weighted by atomic mass is 9.87. The third-order valence-electron chi connectivity index (χ3n) is 5.08. The molecule has 1 aliphatic heterocycles. The van der Waals surface area contributed by atoms with Gasteiger partial charge in [-0.05, 0) is 55.3 Å². The van der Waals surface area contributed by atoms with Crippen LogP contribution in [0.15, 0.2) is 48.5 Å². The first-order chi connectivity index (χ1) is 13.9. The van der Waals surface area contributed by atoms with Crippen LogP contribution >= 0.6 is 0 Å². The Hall–Kier alpha value is -3.35. The molecular formula is C22H24N2O5. The van der Waals surface area contributed by atoms with Crippen molar-refractivity contribution in [2.75, 3.05) is 20.3 Å². The molecule has 0 saturated carbocycles. The van der Waals surface area contributed by atoms with Crippen LogP contribution < -0.4 is 14.8 Å². The van der Waals surface area contributed by atoms with Crippen LogP contribution in [-0.4, -0.2) is 42.9 Å². The monoisotopic (exact) mass is 396 g/mol. The van der Waals surface area contributed by atoms with Gasteiger partial charge in [-0.15, -0.1) is 0 Å². The lowest BCUT2D eigenvalue weighted by Gasteiger charge is -2.26. The van der Waals surface area contributed by atoms with Crippen LogP contribution in [0.3, 0.4) is 0 Å². The molecule has 3 amide bonds. The molecule has 0 spiro atoms. The second kappa shape index (κ2) is 8.34. The van der Waals surface area contributed by atoms with Crippen LogP contribution in [0, 0.1) is 0 Å². The Labute approximate surface area is 169 Å².